The molecule has 0 bridgehead atoms. The molecule has 15 heavy (non-hydrogen) atoms. The Labute approximate surface area is 97.9 Å². The summed E-state index contributed by atoms with van der Waals surface area (Å²) in [6, 6.07) is 1.85. The third-order valence-corrected chi connectivity index (χ3v) is 2.21. The molecule has 2 N–H and O–H groups in total. The fourth-order valence-corrected chi connectivity index (χ4v) is 1.42. The predicted molar refractivity (Wildman–Crippen MR) is 61.9 cm³/mol. The van der Waals surface area contributed by atoms with E-state index in [9.17, 15) is 0 Å². The summed E-state index contributed by atoms with van der Waals surface area (Å²) in [6.45, 7) is 3.48. The third-order valence-electron chi connectivity index (χ3n) is 1.78. The second-order valence-corrected chi connectivity index (χ2v) is 3.88. The van der Waals surface area contributed by atoms with Crippen LogP contribution in [-0.2, 0) is 4.74 Å². The van der Waals surface area contributed by atoms with Crippen LogP contribution in [0.3, 0.4) is 0 Å². The molecule has 5 heteroatoms. The Morgan fingerprint density at radius 1 is 1.53 bits per heavy atom. The first-order valence-electron chi connectivity index (χ1n) is 4.81. The van der Waals surface area contributed by atoms with Crippen molar-refractivity contribution in [2.45, 2.75) is 13.0 Å². The van der Waals surface area contributed by atoms with Gasteiger partial charge in [-0.15, -0.1) is 0 Å². The average Bonchev–Trinajstić information content (AvgIpc) is 2.24. The number of nitrogens with zero attached hydrogens (tertiary/aromatic N) is 1. The lowest BCUT2D eigenvalue weighted by molar-refractivity contribution is 0.0336. The second-order valence-electron chi connectivity index (χ2n) is 2.96. The molecular weight excluding hydrogens is 260 g/mol. The minimum atomic E-state index is -0.0611. The quantitative estimate of drug-likeness (QED) is 0.856. The topological polar surface area (TPSA) is 57.4 Å². The molecule has 0 amide bonds. The largest absolute Gasteiger partial charge is 0.489 e. The highest BCUT2D eigenvalue weighted by molar-refractivity contribution is 9.10. The smallest absolute Gasteiger partial charge is 0.138 e. The van der Waals surface area contributed by atoms with Crippen LogP contribution in [0.5, 0.6) is 5.75 Å². The van der Waals surface area contributed by atoms with E-state index in [1.54, 1.807) is 12.4 Å². The van der Waals surface area contributed by atoms with Crippen LogP contribution in [0.1, 0.15) is 6.92 Å². The summed E-state index contributed by atoms with van der Waals surface area (Å²) in [7, 11) is 0. The van der Waals surface area contributed by atoms with E-state index in [-0.39, 0.29) is 6.10 Å². The lowest BCUT2D eigenvalue weighted by atomic mass is 10.4. The van der Waals surface area contributed by atoms with Crippen LogP contribution in [0.15, 0.2) is 22.9 Å². The lowest BCUT2D eigenvalue weighted by Gasteiger charge is -2.15. The molecule has 0 saturated heterocycles. The van der Waals surface area contributed by atoms with Crippen LogP contribution in [0.4, 0.5) is 0 Å². The van der Waals surface area contributed by atoms with Gasteiger partial charge in [0.1, 0.15) is 18.5 Å². The number of hydrogen-bond acceptors (Lipinski definition) is 4. The number of pyridine rings is 1. The molecule has 0 spiro atoms. The van der Waals surface area contributed by atoms with Gasteiger partial charge in [-0.2, -0.15) is 0 Å². The van der Waals surface area contributed by atoms with E-state index in [2.05, 4.69) is 20.9 Å². The van der Waals surface area contributed by atoms with Crippen molar-refractivity contribution in [1.82, 2.24) is 4.98 Å². The fourth-order valence-electron chi connectivity index (χ4n) is 1.08. The average molecular weight is 275 g/mol. The summed E-state index contributed by atoms with van der Waals surface area (Å²) < 4.78 is 11.7. The predicted octanol–water partition coefficient (Wildman–Crippen LogP) is 1.59. The molecule has 0 aliphatic heterocycles. The maximum absolute atomic E-state index is 5.52. The molecule has 1 aromatic heterocycles. The molecule has 1 heterocycles. The molecule has 1 aromatic rings. The Morgan fingerprint density at radius 2 is 2.33 bits per heavy atom. The Balaban J connectivity index is 2.41. The molecule has 0 aromatic carbocycles. The number of aromatic nitrogens is 1. The maximum atomic E-state index is 5.52. The first-order valence-corrected chi connectivity index (χ1v) is 5.60. The number of halogens is 1. The Kier molecular flexibility index (Phi) is 5.60. The normalized spacial score (nSPS) is 12.5. The molecule has 0 aliphatic rings. The van der Waals surface area contributed by atoms with Crippen LogP contribution in [-0.4, -0.2) is 30.8 Å². The monoisotopic (exact) mass is 274 g/mol. The first-order chi connectivity index (χ1) is 7.26. The van der Waals surface area contributed by atoms with Crippen LogP contribution >= 0.6 is 15.9 Å². The molecule has 84 valence electrons. The van der Waals surface area contributed by atoms with Crippen molar-refractivity contribution in [1.29, 1.82) is 0 Å². The second kappa shape index (κ2) is 6.76. The van der Waals surface area contributed by atoms with Gasteiger partial charge in [0.05, 0.1) is 6.20 Å². The van der Waals surface area contributed by atoms with E-state index in [0.29, 0.717) is 25.5 Å². The molecule has 0 saturated carbocycles. The highest BCUT2D eigenvalue weighted by Gasteiger charge is 2.06. The van der Waals surface area contributed by atoms with Gasteiger partial charge >= 0.3 is 0 Å². The summed E-state index contributed by atoms with van der Waals surface area (Å²) >= 11 is 3.32. The molecular formula is C10H15BrN2O2. The van der Waals surface area contributed by atoms with Gasteiger partial charge in [-0.1, -0.05) is 0 Å². The van der Waals surface area contributed by atoms with Crippen LogP contribution < -0.4 is 10.5 Å². The van der Waals surface area contributed by atoms with E-state index in [4.69, 9.17) is 15.2 Å². The number of rotatable bonds is 6. The van der Waals surface area contributed by atoms with Crippen molar-refractivity contribution in [3.05, 3.63) is 22.9 Å². The SMILES string of the molecule is CCOC(CN)COc1cncc(Br)c1. The highest BCUT2D eigenvalue weighted by Crippen LogP contribution is 2.15. The molecule has 0 radical (unpaired) electrons. The number of nitrogens with two attached hydrogens (primary N) is 1. The maximum Gasteiger partial charge on any atom is 0.138 e. The first kappa shape index (κ1) is 12.4. The van der Waals surface area contributed by atoms with Crippen molar-refractivity contribution < 1.29 is 9.47 Å². The fraction of sp³-hybridized carbons (Fsp3) is 0.500. The van der Waals surface area contributed by atoms with Gasteiger partial charge < -0.3 is 15.2 Å². The minimum absolute atomic E-state index is 0.0611. The standard InChI is InChI=1S/C10H15BrN2O2/c1-2-14-10(4-12)7-15-9-3-8(11)5-13-6-9/h3,5-6,10H,2,4,7,12H2,1H3. The highest BCUT2D eigenvalue weighted by atomic mass is 79.9. The summed E-state index contributed by atoms with van der Waals surface area (Å²) in [5, 5.41) is 0. The van der Waals surface area contributed by atoms with Gasteiger partial charge in [0.2, 0.25) is 0 Å². The van der Waals surface area contributed by atoms with Gasteiger partial charge in [0.25, 0.3) is 0 Å². The van der Waals surface area contributed by atoms with E-state index in [1.165, 1.54) is 0 Å². The zero-order chi connectivity index (χ0) is 11.1. The van der Waals surface area contributed by atoms with Crippen molar-refractivity contribution in [3.63, 3.8) is 0 Å². The molecule has 4 nitrogen and oxygen atoms in total. The number of ether oxygens (including phenoxy) is 2. The van der Waals surface area contributed by atoms with Crippen LogP contribution in [0.25, 0.3) is 0 Å². The van der Waals surface area contributed by atoms with E-state index in [1.807, 2.05) is 13.0 Å². The van der Waals surface area contributed by atoms with Crippen molar-refractivity contribution in [3.8, 4) is 5.75 Å². The Morgan fingerprint density at radius 3 is 2.93 bits per heavy atom. The van der Waals surface area contributed by atoms with Gasteiger partial charge in [0, 0.05) is 23.8 Å². The van der Waals surface area contributed by atoms with E-state index in [0.717, 1.165) is 4.47 Å². The van der Waals surface area contributed by atoms with Gasteiger partial charge in [0.15, 0.2) is 0 Å². The van der Waals surface area contributed by atoms with Gasteiger partial charge in [-0.3, -0.25) is 4.98 Å². The number of hydrogen-bond donors (Lipinski definition) is 1. The molecule has 1 unspecified atom stereocenters. The van der Waals surface area contributed by atoms with Crippen LogP contribution in [0.2, 0.25) is 0 Å². The van der Waals surface area contributed by atoms with Crippen molar-refractivity contribution in [2.75, 3.05) is 19.8 Å². The molecule has 0 aliphatic carbocycles. The lowest BCUT2D eigenvalue weighted by Crippen LogP contribution is -2.30. The van der Waals surface area contributed by atoms with Gasteiger partial charge in [-0.05, 0) is 28.9 Å². The summed E-state index contributed by atoms with van der Waals surface area (Å²) in [5.41, 5.74) is 5.52. The summed E-state index contributed by atoms with van der Waals surface area (Å²) in [4.78, 5) is 3.99. The summed E-state index contributed by atoms with van der Waals surface area (Å²) in [5.74, 6) is 0.711. The third kappa shape index (κ3) is 4.59. The van der Waals surface area contributed by atoms with E-state index >= 15 is 0 Å². The van der Waals surface area contributed by atoms with Gasteiger partial charge in [-0.25, -0.2) is 0 Å². The van der Waals surface area contributed by atoms with Crippen LogP contribution in [0, 0.1) is 0 Å². The minimum Gasteiger partial charge on any atom is -0.489 e. The molecule has 0 fully saturated rings. The molecule has 1 rings (SSSR count). The van der Waals surface area contributed by atoms with E-state index < -0.39 is 0 Å². The zero-order valence-electron chi connectivity index (χ0n) is 8.65. The Bertz CT molecular complexity index is 297. The zero-order valence-corrected chi connectivity index (χ0v) is 10.2. The van der Waals surface area contributed by atoms with Crippen molar-refractivity contribution in [2.24, 2.45) is 5.73 Å². The molecule has 1 atom stereocenters. The summed E-state index contributed by atoms with van der Waals surface area (Å²) in [6.07, 6.45) is 3.30. The van der Waals surface area contributed by atoms with Crippen molar-refractivity contribution >= 4 is 15.9 Å². The Hall–Kier alpha value is -0.650.